The molecule has 1 aliphatic heterocycles. The summed E-state index contributed by atoms with van der Waals surface area (Å²) < 4.78 is 25.4. The highest BCUT2D eigenvalue weighted by Gasteiger charge is 2.19. The Morgan fingerprint density at radius 2 is 1.76 bits per heavy atom. The van der Waals surface area contributed by atoms with Gasteiger partial charge in [-0.25, -0.2) is 17.9 Å². The molecule has 4 aromatic rings. The molecule has 0 radical (unpaired) electrons. The maximum atomic E-state index is 11.8. The van der Waals surface area contributed by atoms with Crippen LogP contribution in [0, 0.1) is 0 Å². The Bertz CT molecular complexity index is 1390. The Labute approximate surface area is 194 Å². The second-order valence-electron chi connectivity index (χ2n) is 9.01. The lowest BCUT2D eigenvalue weighted by molar-refractivity contribution is 0.255. The van der Waals surface area contributed by atoms with Gasteiger partial charge in [0.1, 0.15) is 0 Å². The molecule has 7 heteroatoms. The van der Waals surface area contributed by atoms with Crippen molar-refractivity contribution in [1.29, 1.82) is 0 Å². The van der Waals surface area contributed by atoms with E-state index in [1.165, 1.54) is 30.2 Å². The average Bonchev–Trinajstić information content (AvgIpc) is 3.22. The molecule has 170 valence electrons. The van der Waals surface area contributed by atoms with Gasteiger partial charge in [-0.05, 0) is 79.9 Å². The predicted octanol–water partition coefficient (Wildman–Crippen LogP) is 4.20. The molecule has 1 aliphatic rings. The van der Waals surface area contributed by atoms with Crippen molar-refractivity contribution in [2.45, 2.75) is 30.1 Å². The number of fused-ring (bicyclic) bond motifs is 1. The van der Waals surface area contributed by atoms with Crippen LogP contribution in [0.1, 0.15) is 35.7 Å². The van der Waals surface area contributed by atoms with E-state index in [-0.39, 0.29) is 0 Å². The van der Waals surface area contributed by atoms with Crippen LogP contribution in [0.25, 0.3) is 16.8 Å². The zero-order chi connectivity index (χ0) is 23.0. The van der Waals surface area contributed by atoms with Crippen LogP contribution in [0.4, 0.5) is 0 Å². The molecule has 2 aromatic carbocycles. The topological polar surface area (TPSA) is 67.6 Å². The molecule has 3 heterocycles. The monoisotopic (exact) mass is 460 g/mol. The molecule has 0 saturated carbocycles. The molecular weight excluding hydrogens is 432 g/mol. The molecule has 0 bridgehead atoms. The van der Waals surface area contributed by atoms with Crippen molar-refractivity contribution in [3.8, 4) is 11.1 Å². The van der Waals surface area contributed by atoms with Gasteiger partial charge in [-0.3, -0.25) is 0 Å². The highest BCUT2D eigenvalue weighted by molar-refractivity contribution is 7.90. The molecular formula is C26H28N4O2S. The fourth-order valence-electron chi connectivity index (χ4n) is 4.61. The first-order chi connectivity index (χ1) is 15.9. The minimum atomic E-state index is -3.22. The molecule has 1 saturated heterocycles. The number of hydrogen-bond acceptors (Lipinski definition) is 5. The van der Waals surface area contributed by atoms with E-state index in [4.69, 9.17) is 10.1 Å². The Morgan fingerprint density at radius 1 is 1.00 bits per heavy atom. The minimum Gasteiger partial charge on any atom is -0.306 e. The van der Waals surface area contributed by atoms with Crippen LogP contribution in [-0.2, 0) is 16.3 Å². The van der Waals surface area contributed by atoms with Gasteiger partial charge in [0.25, 0.3) is 0 Å². The lowest BCUT2D eigenvalue weighted by Gasteiger charge is -2.29. The average molecular weight is 461 g/mol. The van der Waals surface area contributed by atoms with Gasteiger partial charge in [-0.1, -0.05) is 36.4 Å². The van der Waals surface area contributed by atoms with Crippen LogP contribution >= 0.6 is 0 Å². The van der Waals surface area contributed by atoms with E-state index in [0.29, 0.717) is 17.2 Å². The number of pyridine rings is 1. The predicted molar refractivity (Wildman–Crippen MR) is 130 cm³/mol. The smallest absolute Gasteiger partial charge is 0.175 e. The number of benzene rings is 2. The third kappa shape index (κ3) is 4.70. The van der Waals surface area contributed by atoms with E-state index in [9.17, 15) is 8.42 Å². The van der Waals surface area contributed by atoms with Gasteiger partial charge >= 0.3 is 0 Å². The van der Waals surface area contributed by atoms with Crippen molar-refractivity contribution in [1.82, 2.24) is 19.5 Å². The molecule has 0 aliphatic carbocycles. The van der Waals surface area contributed by atoms with Crippen molar-refractivity contribution >= 4 is 15.5 Å². The molecule has 0 atom stereocenters. The van der Waals surface area contributed by atoms with E-state index in [1.807, 2.05) is 30.5 Å². The van der Waals surface area contributed by atoms with Crippen LogP contribution in [0.2, 0.25) is 0 Å². The van der Waals surface area contributed by atoms with Gasteiger partial charge in [-0.15, -0.1) is 0 Å². The maximum absolute atomic E-state index is 11.8. The fraction of sp³-hybridized carbons (Fsp3) is 0.308. The number of piperidine rings is 1. The van der Waals surface area contributed by atoms with Crippen molar-refractivity contribution in [3.63, 3.8) is 0 Å². The first kappa shape index (κ1) is 21.8. The number of nitrogens with zero attached hydrogens (tertiary/aromatic N) is 4. The van der Waals surface area contributed by atoms with Gasteiger partial charge in [0, 0.05) is 24.4 Å². The largest absolute Gasteiger partial charge is 0.306 e. The summed E-state index contributed by atoms with van der Waals surface area (Å²) in [5.74, 6) is 1.40. The molecule has 5 rings (SSSR count). The molecule has 0 unspecified atom stereocenters. The quantitative estimate of drug-likeness (QED) is 0.447. The molecule has 33 heavy (non-hydrogen) atoms. The van der Waals surface area contributed by atoms with Crippen LogP contribution in [0.5, 0.6) is 0 Å². The van der Waals surface area contributed by atoms with Crippen LogP contribution < -0.4 is 0 Å². The van der Waals surface area contributed by atoms with Gasteiger partial charge in [0.15, 0.2) is 21.3 Å². The Kier molecular flexibility index (Phi) is 5.76. The minimum absolute atomic E-state index is 0.310. The normalized spacial score (nSPS) is 15.8. The van der Waals surface area contributed by atoms with Crippen molar-refractivity contribution < 1.29 is 8.42 Å². The Balaban J connectivity index is 1.41. The number of aromatic nitrogens is 3. The molecule has 0 spiro atoms. The third-order valence-corrected chi connectivity index (χ3v) is 7.63. The van der Waals surface area contributed by atoms with E-state index in [1.54, 1.807) is 16.6 Å². The van der Waals surface area contributed by atoms with Crippen LogP contribution in [0.3, 0.4) is 0 Å². The summed E-state index contributed by atoms with van der Waals surface area (Å²) in [5, 5.41) is 4.71. The second kappa shape index (κ2) is 8.72. The summed E-state index contributed by atoms with van der Waals surface area (Å²) in [7, 11) is -1.03. The van der Waals surface area contributed by atoms with Gasteiger partial charge in [0.05, 0.1) is 4.90 Å². The lowest BCUT2D eigenvalue weighted by Crippen LogP contribution is -2.29. The van der Waals surface area contributed by atoms with E-state index in [0.717, 1.165) is 35.7 Å². The summed E-state index contributed by atoms with van der Waals surface area (Å²) in [6, 6.07) is 19.7. The highest BCUT2D eigenvalue weighted by atomic mass is 32.2. The summed E-state index contributed by atoms with van der Waals surface area (Å²) >= 11 is 0. The summed E-state index contributed by atoms with van der Waals surface area (Å²) in [4.78, 5) is 7.54. The van der Waals surface area contributed by atoms with Gasteiger partial charge in [0.2, 0.25) is 0 Å². The zero-order valence-corrected chi connectivity index (χ0v) is 19.8. The molecule has 0 N–H and O–H groups in total. The van der Waals surface area contributed by atoms with Gasteiger partial charge < -0.3 is 4.90 Å². The number of hydrogen-bond donors (Lipinski definition) is 0. The molecule has 2 aromatic heterocycles. The zero-order valence-electron chi connectivity index (χ0n) is 19.0. The van der Waals surface area contributed by atoms with E-state index >= 15 is 0 Å². The van der Waals surface area contributed by atoms with Crippen molar-refractivity contribution in [2.75, 3.05) is 26.4 Å². The summed E-state index contributed by atoms with van der Waals surface area (Å²) in [6.45, 7) is 2.30. The van der Waals surface area contributed by atoms with Crippen LogP contribution in [-0.4, -0.2) is 54.3 Å². The van der Waals surface area contributed by atoms with E-state index < -0.39 is 9.84 Å². The molecule has 6 nitrogen and oxygen atoms in total. The van der Waals surface area contributed by atoms with Gasteiger partial charge in [-0.2, -0.15) is 5.10 Å². The number of rotatable bonds is 5. The highest BCUT2D eigenvalue weighted by Crippen LogP contribution is 2.29. The Morgan fingerprint density at radius 3 is 2.48 bits per heavy atom. The molecule has 0 amide bonds. The second-order valence-corrected chi connectivity index (χ2v) is 11.0. The first-order valence-electron chi connectivity index (χ1n) is 11.3. The Hall–Kier alpha value is -3.03. The number of sulfone groups is 1. The summed E-state index contributed by atoms with van der Waals surface area (Å²) in [6.07, 6.45) is 6.20. The third-order valence-electron chi connectivity index (χ3n) is 6.50. The standard InChI is InChI=1S/C26H28N4O2S/c1-29-15-12-20(13-16-29)22-6-3-5-19(17-22)18-25-27-26-24(7-4-14-30(26)28-25)21-8-10-23(11-9-21)33(2,31)32/h3-11,14,17,20H,12-13,15-16,18H2,1-2H3. The van der Waals surface area contributed by atoms with Crippen molar-refractivity contribution in [2.24, 2.45) is 0 Å². The van der Waals surface area contributed by atoms with Crippen LogP contribution in [0.15, 0.2) is 71.8 Å². The molecule has 1 fully saturated rings. The lowest BCUT2D eigenvalue weighted by atomic mass is 9.88. The fourth-order valence-corrected chi connectivity index (χ4v) is 5.24. The number of likely N-dealkylation sites (tertiary alicyclic amines) is 1. The summed E-state index contributed by atoms with van der Waals surface area (Å²) in [5.41, 5.74) is 5.25. The van der Waals surface area contributed by atoms with E-state index in [2.05, 4.69) is 36.2 Å². The SMILES string of the molecule is CN1CCC(c2cccc(Cc3nc4c(-c5ccc(S(C)(=O)=O)cc5)cccn4n3)c2)CC1. The van der Waals surface area contributed by atoms with Crippen molar-refractivity contribution in [3.05, 3.63) is 83.8 Å². The first-order valence-corrected chi connectivity index (χ1v) is 13.2. The maximum Gasteiger partial charge on any atom is 0.175 e.